The van der Waals surface area contributed by atoms with Crippen LogP contribution in [0.5, 0.6) is 0 Å². The van der Waals surface area contributed by atoms with Gasteiger partial charge in [-0.1, -0.05) is 61.9 Å². The second-order valence-corrected chi connectivity index (χ2v) is 7.03. The van der Waals surface area contributed by atoms with Crippen LogP contribution in [0.1, 0.15) is 42.6 Å². The summed E-state index contributed by atoms with van der Waals surface area (Å²) < 4.78 is 0. The molecule has 2 N–H and O–H groups in total. The molecule has 1 atom stereocenters. The average molecular weight is 352 g/mol. The molecule has 1 unspecified atom stereocenters. The lowest BCUT2D eigenvalue weighted by Gasteiger charge is -2.20. The van der Waals surface area contributed by atoms with Crippen molar-refractivity contribution in [3.05, 3.63) is 65.7 Å². The highest BCUT2D eigenvalue weighted by Gasteiger charge is 2.19. The Kier molecular flexibility index (Phi) is 7.54. The highest BCUT2D eigenvalue weighted by atomic mass is 16.2. The Hall–Kier alpha value is -2.46. The van der Waals surface area contributed by atoms with Crippen molar-refractivity contribution in [1.29, 1.82) is 0 Å². The van der Waals surface area contributed by atoms with E-state index in [0.717, 1.165) is 17.7 Å². The molecule has 26 heavy (non-hydrogen) atoms. The van der Waals surface area contributed by atoms with Crippen LogP contribution in [0.25, 0.3) is 0 Å². The van der Waals surface area contributed by atoms with Crippen LogP contribution in [-0.4, -0.2) is 24.3 Å². The molecule has 0 aliphatic heterocycles. The van der Waals surface area contributed by atoms with E-state index in [1.54, 1.807) is 0 Å². The van der Waals surface area contributed by atoms with Crippen molar-refractivity contribution in [2.45, 2.75) is 39.7 Å². The minimum atomic E-state index is -0.320. The van der Waals surface area contributed by atoms with E-state index in [0.29, 0.717) is 24.4 Å². The predicted octanol–water partition coefficient (Wildman–Crippen LogP) is 4.21. The normalized spacial score (nSPS) is 12.0. The SMILES string of the molecule is Cc1ccc(NC(=O)C(CC(C)C)NCCC(=O)c2ccccc2)cc1. The molecule has 0 radical (unpaired) electrons. The summed E-state index contributed by atoms with van der Waals surface area (Å²) >= 11 is 0. The number of nitrogens with one attached hydrogen (secondary N) is 2. The molecule has 0 aromatic heterocycles. The standard InChI is InChI=1S/C22H28N2O2/c1-16(2)15-20(22(26)24-19-11-9-17(3)10-12-19)23-14-13-21(25)18-7-5-4-6-8-18/h4-12,16,20,23H,13-15H2,1-3H3,(H,24,26). The number of aryl methyl sites for hydroxylation is 1. The Morgan fingerprint density at radius 2 is 1.62 bits per heavy atom. The van der Waals surface area contributed by atoms with Gasteiger partial charge in [0.2, 0.25) is 5.91 Å². The Bertz CT molecular complexity index is 709. The summed E-state index contributed by atoms with van der Waals surface area (Å²) in [5, 5.41) is 6.21. The van der Waals surface area contributed by atoms with E-state index in [1.807, 2.05) is 61.5 Å². The fourth-order valence-electron chi connectivity index (χ4n) is 2.75. The minimum absolute atomic E-state index is 0.0605. The zero-order chi connectivity index (χ0) is 18.9. The molecule has 138 valence electrons. The van der Waals surface area contributed by atoms with Gasteiger partial charge in [-0.25, -0.2) is 0 Å². The Labute approximate surface area is 156 Å². The molecular weight excluding hydrogens is 324 g/mol. The average Bonchev–Trinajstić information content (AvgIpc) is 2.63. The highest BCUT2D eigenvalue weighted by molar-refractivity contribution is 5.96. The number of benzene rings is 2. The van der Waals surface area contributed by atoms with Gasteiger partial charge in [-0.2, -0.15) is 0 Å². The molecule has 4 heteroatoms. The van der Waals surface area contributed by atoms with Crippen LogP contribution in [0.15, 0.2) is 54.6 Å². The van der Waals surface area contributed by atoms with Crippen molar-refractivity contribution >= 4 is 17.4 Å². The van der Waals surface area contributed by atoms with Crippen LogP contribution in [0, 0.1) is 12.8 Å². The summed E-state index contributed by atoms with van der Waals surface area (Å²) in [5.41, 5.74) is 2.65. The monoisotopic (exact) mass is 352 g/mol. The molecule has 0 aliphatic rings. The predicted molar refractivity (Wildman–Crippen MR) is 106 cm³/mol. The number of carbonyl (C=O) groups excluding carboxylic acids is 2. The van der Waals surface area contributed by atoms with E-state index in [9.17, 15) is 9.59 Å². The second-order valence-electron chi connectivity index (χ2n) is 7.03. The maximum atomic E-state index is 12.6. The number of Topliss-reactive ketones (excluding diaryl/α,β-unsaturated/α-hetero) is 1. The summed E-state index contributed by atoms with van der Waals surface area (Å²) in [6.45, 7) is 6.66. The summed E-state index contributed by atoms with van der Waals surface area (Å²) in [4.78, 5) is 24.8. The topological polar surface area (TPSA) is 58.2 Å². The smallest absolute Gasteiger partial charge is 0.241 e. The lowest BCUT2D eigenvalue weighted by molar-refractivity contribution is -0.118. The lowest BCUT2D eigenvalue weighted by atomic mass is 10.0. The molecule has 2 aromatic rings. The number of hydrogen-bond donors (Lipinski definition) is 2. The third-order valence-electron chi connectivity index (χ3n) is 4.18. The van der Waals surface area contributed by atoms with Gasteiger partial charge in [0.1, 0.15) is 0 Å². The molecule has 2 aromatic carbocycles. The quantitative estimate of drug-likeness (QED) is 0.665. The molecule has 0 heterocycles. The second kappa shape index (κ2) is 9.88. The number of hydrogen-bond acceptors (Lipinski definition) is 3. The van der Waals surface area contributed by atoms with Crippen molar-refractivity contribution in [2.75, 3.05) is 11.9 Å². The van der Waals surface area contributed by atoms with Crippen LogP contribution in [0.4, 0.5) is 5.69 Å². The van der Waals surface area contributed by atoms with Gasteiger partial charge in [-0.05, 0) is 31.4 Å². The van der Waals surface area contributed by atoms with Crippen LogP contribution >= 0.6 is 0 Å². The number of amides is 1. The van der Waals surface area contributed by atoms with Gasteiger partial charge in [0, 0.05) is 24.2 Å². The van der Waals surface area contributed by atoms with Crippen molar-refractivity contribution in [3.8, 4) is 0 Å². The van der Waals surface area contributed by atoms with Gasteiger partial charge in [-0.3, -0.25) is 9.59 Å². The van der Waals surface area contributed by atoms with Gasteiger partial charge in [0.25, 0.3) is 0 Å². The Morgan fingerprint density at radius 3 is 2.23 bits per heavy atom. The summed E-state index contributed by atoms with van der Waals surface area (Å²) in [6.07, 6.45) is 1.09. The van der Waals surface area contributed by atoms with Gasteiger partial charge >= 0.3 is 0 Å². The van der Waals surface area contributed by atoms with Gasteiger partial charge in [-0.15, -0.1) is 0 Å². The van der Waals surface area contributed by atoms with Crippen LogP contribution in [0.3, 0.4) is 0 Å². The first kappa shape index (κ1) is 19.9. The Morgan fingerprint density at radius 1 is 0.962 bits per heavy atom. The fraction of sp³-hybridized carbons (Fsp3) is 0.364. The molecule has 0 fully saturated rings. The number of rotatable bonds is 9. The van der Waals surface area contributed by atoms with Crippen molar-refractivity contribution < 1.29 is 9.59 Å². The van der Waals surface area contributed by atoms with E-state index in [1.165, 1.54) is 0 Å². The van der Waals surface area contributed by atoms with Crippen LogP contribution in [0.2, 0.25) is 0 Å². The van der Waals surface area contributed by atoms with Gasteiger partial charge in [0.15, 0.2) is 5.78 Å². The molecule has 0 spiro atoms. The minimum Gasteiger partial charge on any atom is -0.325 e. The number of ketones is 1. The van der Waals surface area contributed by atoms with Crippen LogP contribution in [-0.2, 0) is 4.79 Å². The number of carbonyl (C=O) groups is 2. The van der Waals surface area contributed by atoms with Crippen molar-refractivity contribution in [1.82, 2.24) is 5.32 Å². The van der Waals surface area contributed by atoms with E-state index in [2.05, 4.69) is 24.5 Å². The summed E-state index contributed by atoms with van der Waals surface area (Å²) in [5.74, 6) is 0.399. The van der Waals surface area contributed by atoms with E-state index in [-0.39, 0.29) is 17.7 Å². The molecular formula is C22H28N2O2. The maximum Gasteiger partial charge on any atom is 0.241 e. The zero-order valence-electron chi connectivity index (χ0n) is 15.8. The first-order chi connectivity index (χ1) is 12.5. The zero-order valence-corrected chi connectivity index (χ0v) is 15.8. The van der Waals surface area contributed by atoms with E-state index >= 15 is 0 Å². The lowest BCUT2D eigenvalue weighted by Crippen LogP contribution is -2.42. The molecule has 1 amide bonds. The fourth-order valence-corrected chi connectivity index (χ4v) is 2.75. The van der Waals surface area contributed by atoms with Gasteiger partial charge in [0.05, 0.1) is 6.04 Å². The highest BCUT2D eigenvalue weighted by Crippen LogP contribution is 2.12. The number of anilines is 1. The molecule has 0 bridgehead atoms. The summed E-state index contributed by atoms with van der Waals surface area (Å²) in [7, 11) is 0. The van der Waals surface area contributed by atoms with Gasteiger partial charge < -0.3 is 10.6 Å². The first-order valence-corrected chi connectivity index (χ1v) is 9.15. The molecule has 2 rings (SSSR count). The molecule has 0 saturated heterocycles. The molecule has 4 nitrogen and oxygen atoms in total. The van der Waals surface area contributed by atoms with E-state index < -0.39 is 0 Å². The molecule has 0 saturated carbocycles. The summed E-state index contributed by atoms with van der Waals surface area (Å²) in [6, 6.07) is 16.7. The maximum absolute atomic E-state index is 12.6. The van der Waals surface area contributed by atoms with Crippen molar-refractivity contribution in [2.24, 2.45) is 5.92 Å². The third-order valence-corrected chi connectivity index (χ3v) is 4.18. The Balaban J connectivity index is 1.90. The molecule has 0 aliphatic carbocycles. The van der Waals surface area contributed by atoms with E-state index in [4.69, 9.17) is 0 Å². The third kappa shape index (κ3) is 6.45. The largest absolute Gasteiger partial charge is 0.325 e. The van der Waals surface area contributed by atoms with Crippen LogP contribution < -0.4 is 10.6 Å². The van der Waals surface area contributed by atoms with Crippen molar-refractivity contribution in [3.63, 3.8) is 0 Å². The first-order valence-electron chi connectivity index (χ1n) is 9.15.